The van der Waals surface area contributed by atoms with E-state index < -0.39 is 5.97 Å². The Labute approximate surface area is 130 Å². The number of carboxylic acid groups (broad SMARTS) is 1. The summed E-state index contributed by atoms with van der Waals surface area (Å²) in [6.07, 6.45) is 4.68. The van der Waals surface area contributed by atoms with Crippen LogP contribution in [0.3, 0.4) is 0 Å². The van der Waals surface area contributed by atoms with Crippen LogP contribution in [-0.2, 0) is 0 Å². The van der Waals surface area contributed by atoms with E-state index in [-0.39, 0.29) is 5.56 Å². The summed E-state index contributed by atoms with van der Waals surface area (Å²) < 4.78 is 5.68. The third kappa shape index (κ3) is 3.87. The molecule has 5 nitrogen and oxygen atoms in total. The van der Waals surface area contributed by atoms with Crippen LogP contribution in [0.5, 0.6) is 5.75 Å². The fourth-order valence-electron chi connectivity index (χ4n) is 2.33. The van der Waals surface area contributed by atoms with E-state index in [1.54, 1.807) is 6.92 Å². The molecule has 0 amide bonds. The van der Waals surface area contributed by atoms with Crippen LogP contribution in [0, 0.1) is 6.92 Å². The monoisotopic (exact) mass is 302 g/mol. The van der Waals surface area contributed by atoms with Gasteiger partial charge in [0.05, 0.1) is 6.61 Å². The number of aryl methyl sites for hydroxylation is 1. The Bertz CT molecular complexity index is 617. The lowest BCUT2D eigenvalue weighted by atomic mass is 10.1. The summed E-state index contributed by atoms with van der Waals surface area (Å²) >= 11 is 0. The van der Waals surface area contributed by atoms with Gasteiger partial charge in [0, 0.05) is 11.3 Å². The standard InChI is InChI=1S/C17H22N2O3/c1-3-4-5-6-11-22-14-9-7-13(8-10-14)16-15(17(20)21)12(2)18-19-16/h7-10H,3-6,11H2,1-2H3,(H,18,19)(H,20,21). The zero-order chi connectivity index (χ0) is 15.9. The summed E-state index contributed by atoms with van der Waals surface area (Å²) in [6, 6.07) is 7.38. The van der Waals surface area contributed by atoms with Crippen molar-refractivity contribution < 1.29 is 14.6 Å². The highest BCUT2D eigenvalue weighted by Crippen LogP contribution is 2.25. The number of rotatable bonds is 8. The molecule has 0 aliphatic rings. The average Bonchev–Trinajstić information content (AvgIpc) is 2.89. The normalized spacial score (nSPS) is 10.6. The molecule has 0 bridgehead atoms. The fourth-order valence-corrected chi connectivity index (χ4v) is 2.33. The van der Waals surface area contributed by atoms with Crippen molar-refractivity contribution in [1.82, 2.24) is 10.2 Å². The highest BCUT2D eigenvalue weighted by molar-refractivity contribution is 5.96. The van der Waals surface area contributed by atoms with Crippen molar-refractivity contribution in [2.24, 2.45) is 0 Å². The number of carbonyl (C=O) groups is 1. The first-order valence-electron chi connectivity index (χ1n) is 7.65. The van der Waals surface area contributed by atoms with Crippen molar-refractivity contribution in [2.45, 2.75) is 39.5 Å². The SMILES string of the molecule is CCCCCCOc1ccc(-c2n[nH]c(C)c2C(=O)O)cc1. The first-order chi connectivity index (χ1) is 10.6. The quantitative estimate of drug-likeness (QED) is 0.721. The van der Waals surface area contributed by atoms with Crippen molar-refractivity contribution in [3.8, 4) is 17.0 Å². The van der Waals surface area contributed by atoms with Gasteiger partial charge in [-0.2, -0.15) is 5.10 Å². The predicted molar refractivity (Wildman–Crippen MR) is 85.4 cm³/mol. The molecule has 0 saturated carbocycles. The van der Waals surface area contributed by atoms with Gasteiger partial charge >= 0.3 is 5.97 Å². The Hall–Kier alpha value is -2.30. The molecule has 0 atom stereocenters. The number of ether oxygens (including phenoxy) is 1. The van der Waals surface area contributed by atoms with Crippen LogP contribution in [0.4, 0.5) is 0 Å². The number of nitrogens with one attached hydrogen (secondary N) is 1. The number of benzene rings is 1. The lowest BCUT2D eigenvalue weighted by Gasteiger charge is -2.07. The Kier molecular flexibility index (Phi) is 5.58. The highest BCUT2D eigenvalue weighted by Gasteiger charge is 2.18. The van der Waals surface area contributed by atoms with Gasteiger partial charge in [0.15, 0.2) is 0 Å². The zero-order valence-corrected chi connectivity index (χ0v) is 13.1. The molecular formula is C17H22N2O3. The number of nitrogens with zero attached hydrogens (tertiary/aromatic N) is 1. The predicted octanol–water partition coefficient (Wildman–Crippen LogP) is 4.04. The van der Waals surface area contributed by atoms with Crippen molar-refractivity contribution in [3.63, 3.8) is 0 Å². The number of aromatic nitrogens is 2. The lowest BCUT2D eigenvalue weighted by Crippen LogP contribution is -2.00. The number of aromatic carboxylic acids is 1. The molecule has 0 fully saturated rings. The van der Waals surface area contributed by atoms with Gasteiger partial charge < -0.3 is 9.84 Å². The second kappa shape index (κ2) is 7.64. The summed E-state index contributed by atoms with van der Waals surface area (Å²) in [5, 5.41) is 16.1. The Morgan fingerprint density at radius 2 is 1.95 bits per heavy atom. The number of hydrogen-bond donors (Lipinski definition) is 2. The first-order valence-corrected chi connectivity index (χ1v) is 7.65. The van der Waals surface area contributed by atoms with Crippen LogP contribution in [-0.4, -0.2) is 27.9 Å². The van der Waals surface area contributed by atoms with Gasteiger partial charge in [-0.1, -0.05) is 26.2 Å². The van der Waals surface area contributed by atoms with E-state index in [1.165, 1.54) is 19.3 Å². The van der Waals surface area contributed by atoms with Gasteiger partial charge in [-0.05, 0) is 37.6 Å². The van der Waals surface area contributed by atoms with Crippen LogP contribution >= 0.6 is 0 Å². The van der Waals surface area contributed by atoms with E-state index in [2.05, 4.69) is 17.1 Å². The summed E-state index contributed by atoms with van der Waals surface area (Å²) in [4.78, 5) is 11.3. The largest absolute Gasteiger partial charge is 0.494 e. The summed E-state index contributed by atoms with van der Waals surface area (Å²) in [5.74, 6) is -0.179. The molecule has 2 aromatic rings. The van der Waals surface area contributed by atoms with E-state index in [1.807, 2.05) is 24.3 Å². The minimum Gasteiger partial charge on any atom is -0.494 e. The molecule has 5 heteroatoms. The van der Waals surface area contributed by atoms with Gasteiger partial charge in [-0.3, -0.25) is 5.10 Å². The molecule has 0 aliphatic heterocycles. The minimum atomic E-state index is -0.975. The molecule has 1 heterocycles. The number of carboxylic acids is 1. The van der Waals surface area contributed by atoms with Crippen molar-refractivity contribution in [2.75, 3.05) is 6.61 Å². The number of hydrogen-bond acceptors (Lipinski definition) is 3. The smallest absolute Gasteiger partial charge is 0.339 e. The number of aromatic amines is 1. The molecule has 0 saturated heterocycles. The maximum absolute atomic E-state index is 11.3. The van der Waals surface area contributed by atoms with Gasteiger partial charge in [0.1, 0.15) is 17.0 Å². The van der Waals surface area contributed by atoms with Crippen LogP contribution in [0.15, 0.2) is 24.3 Å². The first kappa shape index (κ1) is 16.1. The van der Waals surface area contributed by atoms with Gasteiger partial charge in [-0.15, -0.1) is 0 Å². The van der Waals surface area contributed by atoms with Crippen molar-refractivity contribution >= 4 is 5.97 Å². The van der Waals surface area contributed by atoms with Crippen molar-refractivity contribution in [3.05, 3.63) is 35.5 Å². The topological polar surface area (TPSA) is 75.2 Å². The minimum absolute atomic E-state index is 0.216. The summed E-state index contributed by atoms with van der Waals surface area (Å²) in [7, 11) is 0. The summed E-state index contributed by atoms with van der Waals surface area (Å²) in [5.41, 5.74) is 1.99. The number of H-pyrrole nitrogens is 1. The molecule has 1 aromatic heterocycles. The van der Waals surface area contributed by atoms with Crippen LogP contribution in [0.25, 0.3) is 11.3 Å². The second-order valence-electron chi connectivity index (χ2n) is 5.31. The Morgan fingerprint density at radius 3 is 2.59 bits per heavy atom. The molecule has 0 spiro atoms. The average molecular weight is 302 g/mol. The molecule has 0 radical (unpaired) electrons. The molecular weight excluding hydrogens is 280 g/mol. The van der Waals surface area contributed by atoms with E-state index in [9.17, 15) is 9.90 Å². The Morgan fingerprint density at radius 1 is 1.23 bits per heavy atom. The molecule has 1 aromatic carbocycles. The van der Waals surface area contributed by atoms with Gasteiger partial charge in [-0.25, -0.2) is 4.79 Å². The second-order valence-corrected chi connectivity index (χ2v) is 5.31. The van der Waals surface area contributed by atoms with Gasteiger partial charge in [0.25, 0.3) is 0 Å². The molecule has 2 rings (SSSR count). The van der Waals surface area contributed by atoms with Crippen LogP contribution in [0.1, 0.15) is 48.7 Å². The Balaban J connectivity index is 2.02. The van der Waals surface area contributed by atoms with Crippen LogP contribution < -0.4 is 4.74 Å². The maximum Gasteiger partial charge on any atom is 0.339 e. The van der Waals surface area contributed by atoms with E-state index in [0.29, 0.717) is 18.0 Å². The molecule has 22 heavy (non-hydrogen) atoms. The molecule has 0 aliphatic carbocycles. The van der Waals surface area contributed by atoms with Crippen molar-refractivity contribution in [1.29, 1.82) is 0 Å². The van der Waals surface area contributed by atoms with E-state index >= 15 is 0 Å². The lowest BCUT2D eigenvalue weighted by molar-refractivity contribution is 0.0697. The molecule has 2 N–H and O–H groups in total. The summed E-state index contributed by atoms with van der Waals surface area (Å²) in [6.45, 7) is 4.59. The third-order valence-electron chi connectivity index (χ3n) is 3.56. The molecule has 118 valence electrons. The third-order valence-corrected chi connectivity index (χ3v) is 3.56. The van der Waals surface area contributed by atoms with Gasteiger partial charge in [0.2, 0.25) is 0 Å². The highest BCUT2D eigenvalue weighted by atomic mass is 16.5. The van der Waals surface area contributed by atoms with E-state index in [4.69, 9.17) is 4.74 Å². The number of unbranched alkanes of at least 4 members (excludes halogenated alkanes) is 3. The van der Waals surface area contributed by atoms with Crippen LogP contribution in [0.2, 0.25) is 0 Å². The maximum atomic E-state index is 11.3. The van der Waals surface area contributed by atoms with E-state index in [0.717, 1.165) is 17.7 Å². The molecule has 0 unspecified atom stereocenters. The zero-order valence-electron chi connectivity index (χ0n) is 13.1. The fraction of sp³-hybridized carbons (Fsp3) is 0.412.